The molecule has 0 aromatic heterocycles. The minimum atomic E-state index is -1.04. The van der Waals surface area contributed by atoms with Gasteiger partial charge < -0.3 is 9.84 Å². The van der Waals surface area contributed by atoms with Crippen molar-refractivity contribution in [2.75, 3.05) is 13.2 Å². The lowest BCUT2D eigenvalue weighted by Gasteiger charge is -2.43. The van der Waals surface area contributed by atoms with Crippen LogP contribution in [0.4, 0.5) is 4.79 Å². The fraction of sp³-hybridized carbons (Fsp3) is 0.846. The van der Waals surface area contributed by atoms with E-state index >= 15 is 0 Å². The van der Waals surface area contributed by atoms with Crippen molar-refractivity contribution in [3.05, 3.63) is 0 Å². The van der Waals surface area contributed by atoms with Crippen molar-refractivity contribution in [1.82, 2.24) is 4.90 Å². The van der Waals surface area contributed by atoms with Crippen LogP contribution in [0.2, 0.25) is 0 Å². The van der Waals surface area contributed by atoms with Crippen LogP contribution in [0.1, 0.15) is 46.5 Å². The average Bonchev–Trinajstić information content (AvgIpc) is 2.32. The predicted molar refractivity (Wildman–Crippen MR) is 67.4 cm³/mol. The number of piperidine rings is 1. The van der Waals surface area contributed by atoms with E-state index in [-0.39, 0.29) is 5.92 Å². The molecule has 1 N–H and O–H groups in total. The third-order valence-corrected chi connectivity index (χ3v) is 3.62. The second-order valence-corrected chi connectivity index (χ2v) is 5.30. The molecule has 0 aromatic carbocycles. The van der Waals surface area contributed by atoms with E-state index in [9.17, 15) is 14.7 Å². The van der Waals surface area contributed by atoms with Crippen molar-refractivity contribution in [2.24, 2.45) is 5.92 Å². The molecule has 0 radical (unpaired) electrons. The maximum absolute atomic E-state index is 12.1. The maximum atomic E-state index is 12.1. The number of carbonyl (C=O) groups is 2. The molecule has 1 rings (SSSR count). The van der Waals surface area contributed by atoms with E-state index in [1.165, 1.54) is 4.90 Å². The van der Waals surface area contributed by atoms with E-state index in [2.05, 4.69) is 0 Å². The summed E-state index contributed by atoms with van der Waals surface area (Å²) in [5.41, 5.74) is -1.02. The monoisotopic (exact) mass is 257 g/mol. The Hall–Kier alpha value is -1.26. The zero-order chi connectivity index (χ0) is 13.8. The first-order chi connectivity index (χ1) is 8.41. The Morgan fingerprint density at radius 1 is 1.50 bits per heavy atom. The second kappa shape index (κ2) is 6.07. The summed E-state index contributed by atoms with van der Waals surface area (Å²) in [7, 11) is 0. The van der Waals surface area contributed by atoms with Gasteiger partial charge in [-0.25, -0.2) is 9.59 Å². The van der Waals surface area contributed by atoms with Gasteiger partial charge in [0.1, 0.15) is 5.54 Å². The smallest absolute Gasteiger partial charge is 0.408 e. The minimum absolute atomic E-state index is 0.289. The van der Waals surface area contributed by atoms with Crippen molar-refractivity contribution in [3.63, 3.8) is 0 Å². The molecule has 1 saturated heterocycles. The fourth-order valence-corrected chi connectivity index (χ4v) is 2.23. The van der Waals surface area contributed by atoms with Gasteiger partial charge in [-0.2, -0.15) is 0 Å². The summed E-state index contributed by atoms with van der Waals surface area (Å²) in [6, 6.07) is 0. The van der Waals surface area contributed by atoms with Crippen LogP contribution in [-0.2, 0) is 9.53 Å². The average molecular weight is 257 g/mol. The van der Waals surface area contributed by atoms with Crippen LogP contribution in [0, 0.1) is 5.92 Å². The van der Waals surface area contributed by atoms with E-state index in [4.69, 9.17) is 4.74 Å². The number of hydrogen-bond acceptors (Lipinski definition) is 3. The van der Waals surface area contributed by atoms with Gasteiger partial charge in [0.2, 0.25) is 0 Å². The van der Waals surface area contributed by atoms with Gasteiger partial charge in [0.05, 0.1) is 6.61 Å². The topological polar surface area (TPSA) is 66.8 Å². The summed E-state index contributed by atoms with van der Waals surface area (Å²) in [5, 5.41) is 9.23. The van der Waals surface area contributed by atoms with Gasteiger partial charge in [-0.3, -0.25) is 4.90 Å². The van der Waals surface area contributed by atoms with Gasteiger partial charge in [-0.1, -0.05) is 20.3 Å². The van der Waals surface area contributed by atoms with Crippen molar-refractivity contribution in [3.8, 4) is 0 Å². The first-order valence-electron chi connectivity index (χ1n) is 6.59. The lowest BCUT2D eigenvalue weighted by Crippen LogP contribution is -2.59. The Labute approximate surface area is 108 Å². The quantitative estimate of drug-likeness (QED) is 0.620. The molecular weight excluding hydrogens is 234 g/mol. The molecule has 1 heterocycles. The standard InChI is InChI=1S/C13H23NO4/c1-4-5-8-18-11(15)13(3)7-6-10(2)9-14(13)12(16)17/h10H,4-9H2,1-3H3,(H,16,17). The summed E-state index contributed by atoms with van der Waals surface area (Å²) in [6.45, 7) is 6.45. The van der Waals surface area contributed by atoms with Crippen LogP contribution in [0.5, 0.6) is 0 Å². The summed E-state index contributed by atoms with van der Waals surface area (Å²) in [6.07, 6.45) is 2.10. The largest absolute Gasteiger partial charge is 0.465 e. The number of likely N-dealkylation sites (tertiary alicyclic amines) is 1. The van der Waals surface area contributed by atoms with Gasteiger partial charge in [-0.05, 0) is 32.1 Å². The molecule has 1 fully saturated rings. The van der Waals surface area contributed by atoms with E-state index in [0.717, 1.165) is 19.3 Å². The number of hydrogen-bond donors (Lipinski definition) is 1. The zero-order valence-corrected chi connectivity index (χ0v) is 11.4. The molecule has 0 saturated carbocycles. The molecule has 18 heavy (non-hydrogen) atoms. The van der Waals surface area contributed by atoms with Crippen molar-refractivity contribution in [1.29, 1.82) is 0 Å². The van der Waals surface area contributed by atoms with E-state index in [1.54, 1.807) is 6.92 Å². The predicted octanol–water partition coefficient (Wildman–Crippen LogP) is 2.50. The normalized spacial score (nSPS) is 27.9. The van der Waals surface area contributed by atoms with Crippen molar-refractivity contribution >= 4 is 12.1 Å². The number of unbranched alkanes of at least 4 members (excludes halogenated alkanes) is 1. The molecular formula is C13H23NO4. The van der Waals surface area contributed by atoms with E-state index in [0.29, 0.717) is 19.6 Å². The third kappa shape index (κ3) is 3.15. The van der Waals surface area contributed by atoms with Crippen LogP contribution in [-0.4, -0.2) is 40.8 Å². The highest BCUT2D eigenvalue weighted by Gasteiger charge is 2.46. The Kier molecular flexibility index (Phi) is 4.99. The molecule has 0 aliphatic carbocycles. The molecule has 1 amide bonds. The molecule has 2 atom stereocenters. The van der Waals surface area contributed by atoms with Crippen LogP contribution < -0.4 is 0 Å². The number of ether oxygens (including phenoxy) is 1. The SMILES string of the molecule is CCCCOC(=O)C1(C)CCC(C)CN1C(=O)O. The first kappa shape index (κ1) is 14.8. The summed E-state index contributed by atoms with van der Waals surface area (Å²) >= 11 is 0. The Bertz CT molecular complexity index is 318. The number of nitrogens with zero attached hydrogens (tertiary/aromatic N) is 1. The Morgan fingerprint density at radius 2 is 2.17 bits per heavy atom. The van der Waals surface area contributed by atoms with Crippen LogP contribution in [0.15, 0.2) is 0 Å². The highest BCUT2D eigenvalue weighted by atomic mass is 16.5. The number of amides is 1. The van der Waals surface area contributed by atoms with Gasteiger partial charge >= 0.3 is 12.1 Å². The minimum Gasteiger partial charge on any atom is -0.465 e. The number of rotatable bonds is 4. The Balaban J connectivity index is 2.73. The Morgan fingerprint density at radius 3 is 2.72 bits per heavy atom. The molecule has 2 unspecified atom stereocenters. The zero-order valence-electron chi connectivity index (χ0n) is 11.4. The van der Waals surface area contributed by atoms with E-state index < -0.39 is 17.6 Å². The van der Waals surface area contributed by atoms with Crippen LogP contribution >= 0.6 is 0 Å². The molecule has 0 spiro atoms. The van der Waals surface area contributed by atoms with Crippen LogP contribution in [0.3, 0.4) is 0 Å². The summed E-state index contributed by atoms with van der Waals surface area (Å²) in [5.74, 6) is -0.122. The van der Waals surface area contributed by atoms with Crippen molar-refractivity contribution in [2.45, 2.75) is 52.0 Å². The number of esters is 1. The molecule has 5 nitrogen and oxygen atoms in total. The van der Waals surface area contributed by atoms with Gasteiger partial charge in [0.25, 0.3) is 0 Å². The maximum Gasteiger partial charge on any atom is 0.408 e. The number of carboxylic acid groups (broad SMARTS) is 1. The van der Waals surface area contributed by atoms with E-state index in [1.807, 2.05) is 13.8 Å². The molecule has 104 valence electrons. The molecule has 0 bridgehead atoms. The fourth-order valence-electron chi connectivity index (χ4n) is 2.23. The molecule has 5 heteroatoms. The van der Waals surface area contributed by atoms with Gasteiger partial charge in [0.15, 0.2) is 0 Å². The highest BCUT2D eigenvalue weighted by Crippen LogP contribution is 2.32. The molecule has 1 aliphatic heterocycles. The second-order valence-electron chi connectivity index (χ2n) is 5.30. The number of carbonyl (C=O) groups excluding carboxylic acids is 1. The van der Waals surface area contributed by atoms with Crippen molar-refractivity contribution < 1.29 is 19.4 Å². The highest BCUT2D eigenvalue weighted by molar-refractivity contribution is 5.85. The lowest BCUT2D eigenvalue weighted by atomic mass is 9.84. The summed E-state index contributed by atoms with van der Waals surface area (Å²) < 4.78 is 5.20. The third-order valence-electron chi connectivity index (χ3n) is 3.62. The molecule has 0 aromatic rings. The first-order valence-corrected chi connectivity index (χ1v) is 6.59. The van der Waals surface area contributed by atoms with Gasteiger partial charge in [-0.15, -0.1) is 0 Å². The van der Waals surface area contributed by atoms with Gasteiger partial charge in [0, 0.05) is 6.54 Å². The summed E-state index contributed by atoms with van der Waals surface area (Å²) in [4.78, 5) is 24.6. The van der Waals surface area contributed by atoms with Crippen LogP contribution in [0.25, 0.3) is 0 Å². The molecule has 1 aliphatic rings. The lowest BCUT2D eigenvalue weighted by molar-refractivity contribution is -0.159.